The summed E-state index contributed by atoms with van der Waals surface area (Å²) < 4.78 is 0. The van der Waals surface area contributed by atoms with Gasteiger partial charge in [0.1, 0.15) is 0 Å². The zero-order valence-corrected chi connectivity index (χ0v) is 11.4. The monoisotopic (exact) mass is 284 g/mol. The molecule has 2 aliphatic heterocycles. The van der Waals surface area contributed by atoms with Gasteiger partial charge in [-0.3, -0.25) is 14.5 Å². The number of thioether (sulfide) groups is 1. The predicted molar refractivity (Wildman–Crippen MR) is 68.5 cm³/mol. The highest BCUT2D eigenvalue weighted by Gasteiger charge is 2.55. The molecular formula is C12H16N2O4S. The van der Waals surface area contributed by atoms with Crippen LogP contribution < -0.4 is 0 Å². The van der Waals surface area contributed by atoms with Crippen molar-refractivity contribution in [1.82, 2.24) is 9.80 Å². The van der Waals surface area contributed by atoms with Crippen molar-refractivity contribution in [2.75, 3.05) is 19.3 Å². The molecule has 1 N–H and O–H groups in total. The largest absolute Gasteiger partial charge is 0.481 e. The molecule has 104 valence electrons. The molecule has 1 saturated carbocycles. The molecule has 0 radical (unpaired) electrons. The fourth-order valence-corrected chi connectivity index (χ4v) is 4.42. The third kappa shape index (κ3) is 2.00. The SMILES string of the molecule is CN1C(=O)C2C(C(=O)O)CSC2N(CC2CC2)C1=O. The van der Waals surface area contributed by atoms with Crippen molar-refractivity contribution in [2.24, 2.45) is 17.8 Å². The van der Waals surface area contributed by atoms with E-state index in [4.69, 9.17) is 0 Å². The van der Waals surface area contributed by atoms with E-state index >= 15 is 0 Å². The normalized spacial score (nSPS) is 34.7. The highest BCUT2D eigenvalue weighted by molar-refractivity contribution is 8.00. The maximum Gasteiger partial charge on any atom is 0.327 e. The second-order valence-electron chi connectivity index (χ2n) is 5.47. The van der Waals surface area contributed by atoms with Crippen LogP contribution in [0.2, 0.25) is 0 Å². The van der Waals surface area contributed by atoms with E-state index in [0.29, 0.717) is 18.2 Å². The van der Waals surface area contributed by atoms with E-state index in [1.54, 1.807) is 4.90 Å². The Labute approximate surface area is 115 Å². The van der Waals surface area contributed by atoms with E-state index < -0.39 is 17.8 Å². The molecule has 3 amide bonds. The van der Waals surface area contributed by atoms with Gasteiger partial charge in [0.2, 0.25) is 5.91 Å². The van der Waals surface area contributed by atoms with Crippen LogP contribution in [-0.4, -0.2) is 57.5 Å². The van der Waals surface area contributed by atoms with E-state index in [2.05, 4.69) is 0 Å². The predicted octanol–water partition coefficient (Wildman–Crippen LogP) is 0.680. The van der Waals surface area contributed by atoms with Crippen molar-refractivity contribution in [3.05, 3.63) is 0 Å². The van der Waals surface area contributed by atoms with Crippen LogP contribution in [0.5, 0.6) is 0 Å². The molecule has 3 atom stereocenters. The molecule has 0 aromatic heterocycles. The lowest BCUT2D eigenvalue weighted by molar-refractivity contribution is -0.150. The minimum absolute atomic E-state index is 0.281. The number of carbonyl (C=O) groups is 3. The van der Waals surface area contributed by atoms with Gasteiger partial charge in [0.25, 0.3) is 0 Å². The third-order valence-electron chi connectivity index (χ3n) is 4.11. The van der Waals surface area contributed by atoms with Crippen molar-refractivity contribution in [1.29, 1.82) is 0 Å². The Morgan fingerprint density at radius 3 is 2.68 bits per heavy atom. The van der Waals surface area contributed by atoms with E-state index in [1.807, 2.05) is 0 Å². The molecule has 0 aromatic rings. The highest BCUT2D eigenvalue weighted by atomic mass is 32.2. The standard InChI is InChI=1S/C12H16N2O4S/c1-13-9(15)8-7(11(16)17)5-19-10(8)14(12(13)18)4-6-2-3-6/h6-8,10H,2-5H2,1H3,(H,16,17). The number of hydrogen-bond donors (Lipinski definition) is 1. The average molecular weight is 284 g/mol. The molecule has 3 aliphatic rings. The number of hydrogen-bond acceptors (Lipinski definition) is 4. The van der Waals surface area contributed by atoms with Crippen LogP contribution >= 0.6 is 11.8 Å². The summed E-state index contributed by atoms with van der Waals surface area (Å²) in [6.45, 7) is 0.650. The molecular weight excluding hydrogens is 268 g/mol. The number of urea groups is 1. The van der Waals surface area contributed by atoms with Crippen molar-refractivity contribution in [3.8, 4) is 0 Å². The van der Waals surface area contributed by atoms with Crippen molar-refractivity contribution >= 4 is 29.7 Å². The molecule has 2 heterocycles. The Morgan fingerprint density at radius 2 is 2.11 bits per heavy atom. The molecule has 0 spiro atoms. The van der Waals surface area contributed by atoms with E-state index in [-0.39, 0.29) is 17.3 Å². The smallest absolute Gasteiger partial charge is 0.327 e. The van der Waals surface area contributed by atoms with Crippen LogP contribution in [0.3, 0.4) is 0 Å². The Bertz CT molecular complexity index is 451. The quantitative estimate of drug-likeness (QED) is 0.824. The first-order valence-corrected chi connectivity index (χ1v) is 7.48. The number of imide groups is 1. The van der Waals surface area contributed by atoms with Gasteiger partial charge >= 0.3 is 12.0 Å². The first kappa shape index (κ1) is 12.8. The van der Waals surface area contributed by atoms with Gasteiger partial charge in [0.05, 0.1) is 17.2 Å². The summed E-state index contributed by atoms with van der Waals surface area (Å²) in [5, 5.41) is 8.92. The van der Waals surface area contributed by atoms with Crippen LogP contribution in [0, 0.1) is 17.8 Å². The molecule has 3 unspecified atom stereocenters. The maximum atomic E-state index is 12.2. The van der Waals surface area contributed by atoms with Crippen molar-refractivity contribution in [3.63, 3.8) is 0 Å². The van der Waals surface area contributed by atoms with Gasteiger partial charge in [-0.2, -0.15) is 0 Å². The molecule has 3 fully saturated rings. The van der Waals surface area contributed by atoms with Gasteiger partial charge in [-0.15, -0.1) is 11.8 Å². The highest BCUT2D eigenvalue weighted by Crippen LogP contribution is 2.44. The summed E-state index contributed by atoms with van der Waals surface area (Å²) in [4.78, 5) is 38.4. The molecule has 7 heteroatoms. The summed E-state index contributed by atoms with van der Waals surface area (Å²) in [5.74, 6) is -1.64. The summed E-state index contributed by atoms with van der Waals surface area (Å²) in [5.41, 5.74) is 0. The van der Waals surface area contributed by atoms with Gasteiger partial charge in [-0.1, -0.05) is 0 Å². The molecule has 3 rings (SSSR count). The fourth-order valence-electron chi connectivity index (χ4n) is 2.79. The first-order valence-electron chi connectivity index (χ1n) is 6.43. The van der Waals surface area contributed by atoms with Gasteiger partial charge in [-0.25, -0.2) is 4.79 Å². The third-order valence-corrected chi connectivity index (χ3v) is 5.55. The van der Waals surface area contributed by atoms with Gasteiger partial charge < -0.3 is 10.0 Å². The lowest BCUT2D eigenvalue weighted by Crippen LogP contribution is -2.60. The lowest BCUT2D eigenvalue weighted by atomic mass is 9.90. The topological polar surface area (TPSA) is 77.9 Å². The number of fused-ring (bicyclic) bond motifs is 1. The number of carbonyl (C=O) groups excluding carboxylic acids is 2. The second kappa shape index (κ2) is 4.40. The summed E-state index contributed by atoms with van der Waals surface area (Å²) in [6.07, 6.45) is 2.23. The molecule has 19 heavy (non-hydrogen) atoms. The van der Waals surface area contributed by atoms with E-state index in [9.17, 15) is 19.5 Å². The number of aliphatic carboxylic acids is 1. The molecule has 2 saturated heterocycles. The molecule has 1 aliphatic carbocycles. The summed E-state index contributed by atoms with van der Waals surface area (Å²) >= 11 is 1.43. The van der Waals surface area contributed by atoms with Gasteiger partial charge in [0.15, 0.2) is 0 Å². The minimum Gasteiger partial charge on any atom is -0.481 e. The maximum absolute atomic E-state index is 12.2. The van der Waals surface area contributed by atoms with Crippen molar-refractivity contribution in [2.45, 2.75) is 18.2 Å². The number of rotatable bonds is 3. The summed E-state index contributed by atoms with van der Waals surface area (Å²) in [6, 6.07) is -0.281. The Balaban J connectivity index is 1.88. The van der Waals surface area contributed by atoms with Crippen molar-refractivity contribution < 1.29 is 19.5 Å². The zero-order valence-electron chi connectivity index (χ0n) is 10.6. The number of nitrogens with zero attached hydrogens (tertiary/aromatic N) is 2. The van der Waals surface area contributed by atoms with Crippen LogP contribution in [0.1, 0.15) is 12.8 Å². The number of amides is 3. The van der Waals surface area contributed by atoms with Crippen LogP contribution in [0.15, 0.2) is 0 Å². The Kier molecular flexibility index (Phi) is 2.96. The zero-order chi connectivity index (χ0) is 13.7. The molecule has 0 aromatic carbocycles. The summed E-state index contributed by atoms with van der Waals surface area (Å²) in [7, 11) is 1.45. The van der Waals surface area contributed by atoms with E-state index in [1.165, 1.54) is 18.8 Å². The molecule has 0 bridgehead atoms. The van der Waals surface area contributed by atoms with E-state index in [0.717, 1.165) is 17.7 Å². The van der Waals surface area contributed by atoms with Crippen LogP contribution in [0.4, 0.5) is 4.79 Å². The Morgan fingerprint density at radius 1 is 1.42 bits per heavy atom. The fraction of sp³-hybridized carbons (Fsp3) is 0.750. The van der Waals surface area contributed by atoms with Crippen LogP contribution in [-0.2, 0) is 9.59 Å². The lowest BCUT2D eigenvalue weighted by Gasteiger charge is -2.40. The number of carboxylic acids is 1. The van der Waals surface area contributed by atoms with Gasteiger partial charge in [-0.05, 0) is 18.8 Å². The van der Waals surface area contributed by atoms with Gasteiger partial charge in [0, 0.05) is 19.3 Å². The first-order chi connectivity index (χ1) is 9.00. The van der Waals surface area contributed by atoms with Crippen LogP contribution in [0.25, 0.3) is 0 Å². The average Bonchev–Trinajstić information content (AvgIpc) is 3.07. The second-order valence-corrected chi connectivity index (χ2v) is 6.62. The molecule has 6 nitrogen and oxygen atoms in total. The number of carboxylic acid groups (broad SMARTS) is 1. The minimum atomic E-state index is -0.942. The Hall–Kier alpha value is -1.24.